The molecule has 0 bridgehead atoms. The van der Waals surface area contributed by atoms with Crippen LogP contribution in [0.25, 0.3) is 0 Å². The molecule has 0 saturated heterocycles. The summed E-state index contributed by atoms with van der Waals surface area (Å²) >= 11 is 0. The fraction of sp³-hybridized carbons (Fsp3) is 0.444. The van der Waals surface area contributed by atoms with Crippen molar-refractivity contribution in [1.29, 1.82) is 0 Å². The molecule has 0 spiro atoms. The van der Waals surface area contributed by atoms with E-state index in [2.05, 4.69) is 15.7 Å². The van der Waals surface area contributed by atoms with Crippen molar-refractivity contribution in [3.8, 4) is 0 Å². The molecule has 2 aromatic rings. The average molecular weight is 348 g/mol. The number of rotatable bonds is 6. The predicted molar refractivity (Wildman–Crippen MR) is 93.6 cm³/mol. The van der Waals surface area contributed by atoms with Crippen LogP contribution in [0, 0.1) is 19.7 Å². The summed E-state index contributed by atoms with van der Waals surface area (Å²) in [4.78, 5) is 12.2. The highest BCUT2D eigenvalue weighted by molar-refractivity contribution is 5.74. The Bertz CT molecular complexity index is 745. The van der Waals surface area contributed by atoms with Crippen LogP contribution in [-0.4, -0.2) is 27.5 Å². The SMILES string of the molecule is CC[C@H](NC(=O)NC[C@H](O)c1ccccc1F)c1c(C)nn(C)c1C. The van der Waals surface area contributed by atoms with Crippen molar-refractivity contribution in [2.24, 2.45) is 7.05 Å². The normalized spacial score (nSPS) is 13.4. The Hall–Kier alpha value is -2.41. The number of aliphatic hydroxyl groups excluding tert-OH is 1. The summed E-state index contributed by atoms with van der Waals surface area (Å²) in [5.74, 6) is -0.495. The van der Waals surface area contributed by atoms with Crippen LogP contribution in [0.3, 0.4) is 0 Å². The van der Waals surface area contributed by atoms with Crippen LogP contribution in [-0.2, 0) is 7.05 Å². The first-order valence-corrected chi connectivity index (χ1v) is 8.32. The Labute approximate surface area is 147 Å². The maximum absolute atomic E-state index is 13.6. The maximum Gasteiger partial charge on any atom is 0.315 e. The van der Waals surface area contributed by atoms with E-state index in [0.29, 0.717) is 6.42 Å². The van der Waals surface area contributed by atoms with Crippen molar-refractivity contribution >= 4 is 6.03 Å². The van der Waals surface area contributed by atoms with Gasteiger partial charge in [0, 0.05) is 30.4 Å². The number of carbonyl (C=O) groups excluding carboxylic acids is 1. The number of aliphatic hydroxyl groups is 1. The molecule has 2 amide bonds. The van der Waals surface area contributed by atoms with Crippen molar-refractivity contribution in [3.05, 3.63) is 52.6 Å². The molecule has 0 radical (unpaired) electrons. The molecule has 0 fully saturated rings. The van der Waals surface area contributed by atoms with Gasteiger partial charge in [0.25, 0.3) is 0 Å². The van der Waals surface area contributed by atoms with Crippen molar-refractivity contribution in [1.82, 2.24) is 20.4 Å². The first kappa shape index (κ1) is 18.9. The number of nitrogens with one attached hydrogen (secondary N) is 2. The summed E-state index contributed by atoms with van der Waals surface area (Å²) in [7, 11) is 1.86. The molecule has 6 nitrogen and oxygen atoms in total. The standard InChI is InChI=1S/C18H25FN4O2/c1-5-15(17-11(2)22-23(4)12(17)3)21-18(25)20-10-16(24)13-8-6-7-9-14(13)19/h6-9,15-16,24H,5,10H2,1-4H3,(H2,20,21,25)/t15-,16-/m0/s1. The molecular weight excluding hydrogens is 323 g/mol. The molecule has 0 saturated carbocycles. The van der Waals surface area contributed by atoms with Gasteiger partial charge in [-0.2, -0.15) is 5.10 Å². The van der Waals surface area contributed by atoms with E-state index in [1.54, 1.807) is 16.8 Å². The van der Waals surface area contributed by atoms with Crippen LogP contribution >= 0.6 is 0 Å². The quantitative estimate of drug-likeness (QED) is 0.751. The van der Waals surface area contributed by atoms with Gasteiger partial charge in [0.1, 0.15) is 5.82 Å². The second-order valence-electron chi connectivity index (χ2n) is 6.06. The van der Waals surface area contributed by atoms with Gasteiger partial charge in [0.05, 0.1) is 17.8 Å². The summed E-state index contributed by atoms with van der Waals surface area (Å²) in [5.41, 5.74) is 3.03. The highest BCUT2D eigenvalue weighted by Crippen LogP contribution is 2.23. The van der Waals surface area contributed by atoms with E-state index in [0.717, 1.165) is 17.0 Å². The van der Waals surface area contributed by atoms with E-state index in [9.17, 15) is 14.3 Å². The summed E-state index contributed by atoms with van der Waals surface area (Å²) < 4.78 is 15.4. The van der Waals surface area contributed by atoms with Crippen LogP contribution in [0.4, 0.5) is 9.18 Å². The third kappa shape index (κ3) is 4.36. The smallest absolute Gasteiger partial charge is 0.315 e. The van der Waals surface area contributed by atoms with Gasteiger partial charge >= 0.3 is 6.03 Å². The average Bonchev–Trinajstić information content (AvgIpc) is 2.83. The number of carbonyl (C=O) groups is 1. The predicted octanol–water partition coefficient (Wildman–Crippen LogP) is 2.66. The number of nitrogens with zero attached hydrogens (tertiary/aromatic N) is 2. The van der Waals surface area contributed by atoms with Gasteiger partial charge in [-0.1, -0.05) is 25.1 Å². The van der Waals surface area contributed by atoms with Gasteiger partial charge in [0.15, 0.2) is 0 Å². The monoisotopic (exact) mass is 348 g/mol. The topological polar surface area (TPSA) is 79.2 Å². The van der Waals surface area contributed by atoms with Gasteiger partial charge in [-0.15, -0.1) is 0 Å². The number of amides is 2. The van der Waals surface area contributed by atoms with Crippen molar-refractivity contribution in [3.63, 3.8) is 0 Å². The fourth-order valence-electron chi connectivity index (χ4n) is 2.93. The van der Waals surface area contributed by atoms with Crippen LogP contribution < -0.4 is 10.6 Å². The Morgan fingerprint density at radius 2 is 2.04 bits per heavy atom. The second-order valence-corrected chi connectivity index (χ2v) is 6.06. The lowest BCUT2D eigenvalue weighted by molar-refractivity contribution is 0.168. The molecule has 0 aliphatic rings. The van der Waals surface area contributed by atoms with E-state index in [-0.39, 0.29) is 18.2 Å². The maximum atomic E-state index is 13.6. The molecule has 2 rings (SSSR count). The highest BCUT2D eigenvalue weighted by atomic mass is 19.1. The number of benzene rings is 1. The van der Waals surface area contributed by atoms with E-state index in [1.807, 2.05) is 27.8 Å². The van der Waals surface area contributed by atoms with E-state index in [4.69, 9.17) is 0 Å². The first-order valence-electron chi connectivity index (χ1n) is 8.32. The second kappa shape index (κ2) is 8.11. The number of aryl methyl sites for hydroxylation is 2. The Morgan fingerprint density at radius 3 is 2.60 bits per heavy atom. The number of halogens is 1. The summed E-state index contributed by atoms with van der Waals surface area (Å²) in [5, 5.41) is 19.9. The summed E-state index contributed by atoms with van der Waals surface area (Å²) in [6, 6.07) is 5.37. The Kier molecular flexibility index (Phi) is 6.14. The molecule has 136 valence electrons. The van der Waals surface area contributed by atoms with Crippen LogP contribution in [0.15, 0.2) is 24.3 Å². The molecule has 0 aliphatic carbocycles. The zero-order valence-corrected chi connectivity index (χ0v) is 15.0. The number of hydrogen-bond donors (Lipinski definition) is 3. The molecular formula is C18H25FN4O2. The van der Waals surface area contributed by atoms with Crippen molar-refractivity contribution in [2.45, 2.75) is 39.3 Å². The molecule has 0 unspecified atom stereocenters. The number of hydrogen-bond acceptors (Lipinski definition) is 3. The van der Waals surface area contributed by atoms with Gasteiger partial charge < -0.3 is 15.7 Å². The zero-order chi connectivity index (χ0) is 18.6. The van der Waals surface area contributed by atoms with E-state index >= 15 is 0 Å². The number of aromatic nitrogens is 2. The molecule has 1 aromatic heterocycles. The van der Waals surface area contributed by atoms with Gasteiger partial charge in [0.2, 0.25) is 0 Å². The van der Waals surface area contributed by atoms with Crippen molar-refractivity contribution in [2.75, 3.05) is 6.54 Å². The molecule has 2 atom stereocenters. The number of urea groups is 1. The van der Waals surface area contributed by atoms with E-state index < -0.39 is 18.0 Å². The molecule has 1 aromatic carbocycles. The third-order valence-electron chi connectivity index (χ3n) is 4.35. The molecule has 25 heavy (non-hydrogen) atoms. The van der Waals surface area contributed by atoms with Gasteiger partial charge in [-0.25, -0.2) is 9.18 Å². The lowest BCUT2D eigenvalue weighted by atomic mass is 10.0. The lowest BCUT2D eigenvalue weighted by Crippen LogP contribution is -2.40. The zero-order valence-electron chi connectivity index (χ0n) is 15.0. The van der Waals surface area contributed by atoms with Gasteiger partial charge in [-0.3, -0.25) is 4.68 Å². The lowest BCUT2D eigenvalue weighted by Gasteiger charge is -2.19. The Morgan fingerprint density at radius 1 is 1.36 bits per heavy atom. The molecule has 3 N–H and O–H groups in total. The minimum atomic E-state index is -1.10. The van der Waals surface area contributed by atoms with Crippen LogP contribution in [0.1, 0.15) is 48.0 Å². The summed E-state index contributed by atoms with van der Waals surface area (Å²) in [6.45, 7) is 5.77. The fourth-order valence-corrected chi connectivity index (χ4v) is 2.93. The molecule has 1 heterocycles. The van der Waals surface area contributed by atoms with Crippen molar-refractivity contribution < 1.29 is 14.3 Å². The van der Waals surface area contributed by atoms with E-state index in [1.165, 1.54) is 12.1 Å². The van der Waals surface area contributed by atoms with Gasteiger partial charge in [-0.05, 0) is 26.3 Å². The third-order valence-corrected chi connectivity index (χ3v) is 4.35. The largest absolute Gasteiger partial charge is 0.386 e. The van der Waals surface area contributed by atoms with Crippen LogP contribution in [0.5, 0.6) is 0 Å². The minimum absolute atomic E-state index is 0.0752. The molecule has 0 aliphatic heterocycles. The molecule has 7 heteroatoms. The Balaban J connectivity index is 1.98. The van der Waals surface area contributed by atoms with Crippen LogP contribution in [0.2, 0.25) is 0 Å². The first-order chi connectivity index (χ1) is 11.8. The highest BCUT2D eigenvalue weighted by Gasteiger charge is 2.21. The minimum Gasteiger partial charge on any atom is -0.386 e. The summed E-state index contributed by atoms with van der Waals surface area (Å²) in [6.07, 6.45) is -0.398.